The molecule has 0 bridgehead atoms. The van der Waals surface area contributed by atoms with Crippen LogP contribution >= 0.6 is 11.3 Å². The maximum absolute atomic E-state index is 12.8. The fourth-order valence-electron chi connectivity index (χ4n) is 4.03. The second-order valence-electron chi connectivity index (χ2n) is 7.07. The third-order valence-corrected chi connectivity index (χ3v) is 6.21. The Morgan fingerprint density at radius 1 is 1.15 bits per heavy atom. The van der Waals surface area contributed by atoms with Crippen molar-refractivity contribution >= 4 is 33.8 Å². The Hall–Kier alpha value is -2.16. The van der Waals surface area contributed by atoms with Crippen LogP contribution in [0, 0.1) is 16.0 Å². The molecule has 4 rings (SSSR count). The summed E-state index contributed by atoms with van der Waals surface area (Å²) in [6, 6.07) is 0. The largest absolute Gasteiger partial charge is 0.373 e. The number of carbonyl (C=O) groups excluding carboxylic acids is 1. The minimum Gasteiger partial charge on any atom is -0.358 e. The number of imidazole rings is 1. The summed E-state index contributed by atoms with van der Waals surface area (Å²) in [7, 11) is 0. The van der Waals surface area contributed by atoms with E-state index in [2.05, 4.69) is 4.98 Å². The molecule has 2 aromatic heterocycles. The number of likely N-dealkylation sites (tertiary alicyclic amines) is 1. The van der Waals surface area contributed by atoms with E-state index < -0.39 is 0 Å². The number of anilines is 1. The summed E-state index contributed by atoms with van der Waals surface area (Å²) in [6.07, 6.45) is 7.77. The number of carbonyl (C=O) groups is 1. The Balaban J connectivity index is 1.45. The molecule has 0 unspecified atom stereocenters. The molecule has 0 spiro atoms. The third kappa shape index (κ3) is 3.15. The van der Waals surface area contributed by atoms with E-state index in [0.717, 1.165) is 38.8 Å². The standard InChI is InChI=1S/C17H23N5O3S/c23-16(20-7-3-1-2-4-8-20)13-5-9-19(10-6-13)14-15(22(24)25)21-11-12-26-17(21)18-14/h11-13H,1-10H2. The first-order chi connectivity index (χ1) is 12.6. The van der Waals surface area contributed by atoms with Crippen LogP contribution in [0.4, 0.5) is 11.6 Å². The lowest BCUT2D eigenvalue weighted by Gasteiger charge is -2.33. The zero-order valence-electron chi connectivity index (χ0n) is 14.7. The fourth-order valence-corrected chi connectivity index (χ4v) is 4.74. The van der Waals surface area contributed by atoms with E-state index in [4.69, 9.17) is 0 Å². The first-order valence-corrected chi connectivity index (χ1v) is 10.2. The van der Waals surface area contributed by atoms with Crippen molar-refractivity contribution in [2.75, 3.05) is 31.1 Å². The normalized spacial score (nSPS) is 19.7. The summed E-state index contributed by atoms with van der Waals surface area (Å²) in [4.78, 5) is 33.0. The molecular formula is C17H23N5O3S. The number of piperidine rings is 1. The minimum atomic E-state index is -0.365. The highest BCUT2D eigenvalue weighted by Crippen LogP contribution is 2.33. The molecule has 0 aliphatic carbocycles. The van der Waals surface area contributed by atoms with Crippen molar-refractivity contribution < 1.29 is 9.72 Å². The highest BCUT2D eigenvalue weighted by atomic mass is 32.1. The quantitative estimate of drug-likeness (QED) is 0.606. The number of aromatic nitrogens is 2. The molecule has 0 N–H and O–H groups in total. The lowest BCUT2D eigenvalue weighted by Crippen LogP contribution is -2.43. The molecule has 2 aromatic rings. The molecule has 0 radical (unpaired) electrons. The second-order valence-corrected chi connectivity index (χ2v) is 7.95. The molecule has 0 saturated carbocycles. The van der Waals surface area contributed by atoms with Gasteiger partial charge in [0.25, 0.3) is 4.96 Å². The average Bonchev–Trinajstić information content (AvgIpc) is 3.12. The minimum absolute atomic E-state index is 0.0264. The lowest BCUT2D eigenvalue weighted by molar-refractivity contribution is -0.389. The van der Waals surface area contributed by atoms with Gasteiger partial charge < -0.3 is 19.9 Å². The summed E-state index contributed by atoms with van der Waals surface area (Å²) in [5.74, 6) is 0.764. The van der Waals surface area contributed by atoms with Gasteiger partial charge >= 0.3 is 5.82 Å². The van der Waals surface area contributed by atoms with Crippen LogP contribution in [-0.2, 0) is 4.79 Å². The Labute approximate surface area is 155 Å². The van der Waals surface area contributed by atoms with Crippen molar-refractivity contribution in [1.29, 1.82) is 0 Å². The summed E-state index contributed by atoms with van der Waals surface area (Å²) in [6.45, 7) is 3.02. The van der Waals surface area contributed by atoms with E-state index in [9.17, 15) is 14.9 Å². The SMILES string of the molecule is O=C(C1CCN(c2nc3sccn3c2[N+](=O)[O-])CC1)N1CCCCCC1. The molecule has 8 nitrogen and oxygen atoms in total. The van der Waals surface area contributed by atoms with Crippen LogP contribution in [0.15, 0.2) is 11.6 Å². The summed E-state index contributed by atoms with van der Waals surface area (Å²) < 4.78 is 1.54. The number of thiazole rings is 1. The summed E-state index contributed by atoms with van der Waals surface area (Å²) >= 11 is 1.39. The van der Waals surface area contributed by atoms with Crippen molar-refractivity contribution in [2.24, 2.45) is 5.92 Å². The summed E-state index contributed by atoms with van der Waals surface area (Å²) in [5, 5.41) is 13.3. The van der Waals surface area contributed by atoms with Crippen molar-refractivity contribution in [3.8, 4) is 0 Å². The zero-order valence-corrected chi connectivity index (χ0v) is 15.5. The molecule has 2 fully saturated rings. The number of hydrogen-bond acceptors (Lipinski definition) is 6. The topological polar surface area (TPSA) is 84.0 Å². The second kappa shape index (κ2) is 7.22. The van der Waals surface area contributed by atoms with Crippen LogP contribution in [0.1, 0.15) is 38.5 Å². The molecule has 4 heterocycles. The van der Waals surface area contributed by atoms with Gasteiger partial charge in [0.15, 0.2) is 0 Å². The third-order valence-electron chi connectivity index (χ3n) is 5.45. The van der Waals surface area contributed by atoms with Gasteiger partial charge in [0, 0.05) is 37.5 Å². The lowest BCUT2D eigenvalue weighted by atomic mass is 9.95. The van der Waals surface area contributed by atoms with Gasteiger partial charge in [-0.25, -0.2) is 0 Å². The van der Waals surface area contributed by atoms with E-state index in [-0.39, 0.29) is 22.6 Å². The van der Waals surface area contributed by atoms with Crippen LogP contribution < -0.4 is 4.90 Å². The van der Waals surface area contributed by atoms with Crippen LogP contribution in [0.2, 0.25) is 0 Å². The first-order valence-electron chi connectivity index (χ1n) is 9.29. The van der Waals surface area contributed by atoms with Gasteiger partial charge in [-0.3, -0.25) is 4.79 Å². The van der Waals surface area contributed by atoms with Gasteiger partial charge in [-0.1, -0.05) is 24.2 Å². The van der Waals surface area contributed by atoms with E-state index in [1.807, 2.05) is 9.80 Å². The number of hydrogen-bond donors (Lipinski definition) is 0. The Bertz CT molecular complexity index is 801. The Morgan fingerprint density at radius 3 is 2.50 bits per heavy atom. The van der Waals surface area contributed by atoms with Gasteiger partial charge in [0.2, 0.25) is 11.7 Å². The van der Waals surface area contributed by atoms with Crippen LogP contribution in [0.25, 0.3) is 4.96 Å². The maximum Gasteiger partial charge on any atom is 0.373 e. The van der Waals surface area contributed by atoms with Gasteiger partial charge in [0.1, 0.15) is 6.20 Å². The molecule has 2 aliphatic heterocycles. The highest BCUT2D eigenvalue weighted by Gasteiger charge is 2.33. The average molecular weight is 377 g/mol. The molecule has 140 valence electrons. The first kappa shape index (κ1) is 17.3. The van der Waals surface area contributed by atoms with Crippen molar-refractivity contribution in [3.63, 3.8) is 0 Å². The van der Waals surface area contributed by atoms with Gasteiger partial charge in [-0.2, -0.15) is 9.38 Å². The predicted molar refractivity (Wildman–Crippen MR) is 99.7 cm³/mol. The number of nitro groups is 1. The summed E-state index contributed by atoms with van der Waals surface area (Å²) in [5.41, 5.74) is 0. The number of amides is 1. The monoisotopic (exact) mass is 377 g/mol. The van der Waals surface area contributed by atoms with E-state index in [1.165, 1.54) is 28.6 Å². The van der Waals surface area contributed by atoms with Crippen LogP contribution in [0.3, 0.4) is 0 Å². The van der Waals surface area contributed by atoms with E-state index in [0.29, 0.717) is 23.9 Å². The number of nitrogens with zero attached hydrogens (tertiary/aromatic N) is 5. The zero-order chi connectivity index (χ0) is 18.1. The Kier molecular flexibility index (Phi) is 4.80. The highest BCUT2D eigenvalue weighted by molar-refractivity contribution is 7.15. The molecule has 26 heavy (non-hydrogen) atoms. The molecule has 9 heteroatoms. The molecule has 0 atom stereocenters. The molecule has 0 aromatic carbocycles. The van der Waals surface area contributed by atoms with Gasteiger partial charge in [-0.05, 0) is 30.6 Å². The molecular weight excluding hydrogens is 354 g/mol. The molecule has 1 amide bonds. The molecule has 2 aliphatic rings. The van der Waals surface area contributed by atoms with E-state index in [1.54, 1.807) is 11.6 Å². The maximum atomic E-state index is 12.8. The van der Waals surface area contributed by atoms with Crippen LogP contribution in [-0.4, -0.2) is 51.3 Å². The molecule has 2 saturated heterocycles. The van der Waals surface area contributed by atoms with Crippen molar-refractivity contribution in [3.05, 3.63) is 21.7 Å². The van der Waals surface area contributed by atoms with Crippen molar-refractivity contribution in [1.82, 2.24) is 14.3 Å². The number of fused-ring (bicyclic) bond motifs is 1. The van der Waals surface area contributed by atoms with Crippen molar-refractivity contribution in [2.45, 2.75) is 38.5 Å². The van der Waals surface area contributed by atoms with Gasteiger partial charge in [-0.15, -0.1) is 0 Å². The number of rotatable bonds is 3. The smallest absolute Gasteiger partial charge is 0.358 e. The van der Waals surface area contributed by atoms with Gasteiger partial charge in [0.05, 0.1) is 0 Å². The Morgan fingerprint density at radius 2 is 1.85 bits per heavy atom. The predicted octanol–water partition coefficient (Wildman–Crippen LogP) is 2.92. The van der Waals surface area contributed by atoms with E-state index >= 15 is 0 Å². The fraction of sp³-hybridized carbons (Fsp3) is 0.647. The van der Waals surface area contributed by atoms with Crippen LogP contribution in [0.5, 0.6) is 0 Å².